The van der Waals surface area contributed by atoms with E-state index >= 15 is 0 Å². The van der Waals surface area contributed by atoms with Gasteiger partial charge in [-0.05, 0) is 70.4 Å². The molecule has 7 aromatic rings. The Kier molecular flexibility index (Phi) is 5.51. The van der Waals surface area contributed by atoms with E-state index < -0.39 is 0 Å². The smallest absolute Gasteiger partial charge is 0.151 e. The molecule has 0 N–H and O–H groups in total. The van der Waals surface area contributed by atoms with Crippen molar-refractivity contribution in [2.45, 2.75) is 0 Å². The number of benzene rings is 6. The summed E-state index contributed by atoms with van der Waals surface area (Å²) in [5.41, 5.74) is 8.06. The van der Waals surface area contributed by atoms with Crippen molar-refractivity contribution in [2.75, 3.05) is 4.90 Å². The van der Waals surface area contributed by atoms with Crippen LogP contribution in [-0.2, 0) is 0 Å². The van der Waals surface area contributed by atoms with Crippen LogP contribution >= 0.6 is 11.6 Å². The van der Waals surface area contributed by atoms with E-state index in [9.17, 15) is 0 Å². The Hall–Kier alpha value is -5.12. The van der Waals surface area contributed by atoms with Crippen LogP contribution in [0.25, 0.3) is 44.1 Å². The van der Waals surface area contributed by atoms with Crippen molar-refractivity contribution in [3.05, 3.63) is 145 Å². The van der Waals surface area contributed by atoms with Gasteiger partial charge in [-0.1, -0.05) is 103 Å². The van der Waals surface area contributed by atoms with Gasteiger partial charge in [0.1, 0.15) is 0 Å². The molecule has 8 rings (SSSR count). The minimum absolute atomic E-state index is 0.700. The van der Waals surface area contributed by atoms with Crippen molar-refractivity contribution in [2.24, 2.45) is 0 Å². The van der Waals surface area contributed by atoms with Crippen LogP contribution in [0.4, 0.5) is 17.1 Å². The van der Waals surface area contributed by atoms with E-state index in [1.54, 1.807) is 0 Å². The molecule has 2 heterocycles. The van der Waals surface area contributed by atoms with Gasteiger partial charge >= 0.3 is 0 Å². The lowest BCUT2D eigenvalue weighted by atomic mass is 9.93. The fourth-order valence-corrected chi connectivity index (χ4v) is 5.96. The largest absolute Gasteiger partial charge is 0.453 e. The molecule has 0 spiro atoms. The quantitative estimate of drug-likeness (QED) is 0.220. The average Bonchev–Trinajstić information content (AvgIpc) is 3.03. The van der Waals surface area contributed by atoms with E-state index in [0.29, 0.717) is 5.02 Å². The zero-order valence-electron chi connectivity index (χ0n) is 22.0. The summed E-state index contributed by atoms with van der Waals surface area (Å²) in [6.07, 6.45) is 0. The first-order chi connectivity index (χ1) is 20.2. The van der Waals surface area contributed by atoms with Crippen LogP contribution in [0, 0.1) is 0 Å². The van der Waals surface area contributed by atoms with Crippen LogP contribution in [-0.4, -0.2) is 4.98 Å². The fraction of sp³-hybridized carbons (Fsp3) is 0. The van der Waals surface area contributed by atoms with Crippen LogP contribution < -0.4 is 9.64 Å². The van der Waals surface area contributed by atoms with Gasteiger partial charge in [0.15, 0.2) is 11.5 Å². The van der Waals surface area contributed by atoms with Gasteiger partial charge in [0, 0.05) is 16.0 Å². The van der Waals surface area contributed by atoms with E-state index in [-0.39, 0.29) is 0 Å². The second-order valence-corrected chi connectivity index (χ2v) is 10.6. The van der Waals surface area contributed by atoms with Crippen molar-refractivity contribution in [3.63, 3.8) is 0 Å². The number of anilines is 3. The first kappa shape index (κ1) is 23.7. The number of ether oxygens (including phenoxy) is 1. The lowest BCUT2D eigenvalue weighted by Gasteiger charge is -2.33. The third-order valence-electron chi connectivity index (χ3n) is 7.71. The van der Waals surface area contributed by atoms with E-state index in [2.05, 4.69) is 83.8 Å². The number of pyridine rings is 1. The molecule has 0 atom stereocenters. The molecule has 0 radical (unpaired) electrons. The predicted molar refractivity (Wildman–Crippen MR) is 170 cm³/mol. The number of para-hydroxylation sites is 5. The molecule has 0 bridgehead atoms. The van der Waals surface area contributed by atoms with Crippen molar-refractivity contribution in [1.82, 2.24) is 4.98 Å². The SMILES string of the molecule is Clc1ccc(-c2cc(-c3cccc4ccccc34)c3cccc(N4c5ccccc5Oc5ccccc54)c3n2)cc1. The third-order valence-corrected chi connectivity index (χ3v) is 7.96. The average molecular weight is 547 g/mol. The highest BCUT2D eigenvalue weighted by Gasteiger charge is 2.27. The molecule has 41 heavy (non-hydrogen) atoms. The van der Waals surface area contributed by atoms with Crippen molar-refractivity contribution >= 4 is 50.3 Å². The van der Waals surface area contributed by atoms with Gasteiger partial charge in [-0.15, -0.1) is 0 Å². The molecule has 0 saturated carbocycles. The molecular formula is C37H23ClN2O. The van der Waals surface area contributed by atoms with Crippen molar-refractivity contribution < 1.29 is 4.74 Å². The molecule has 1 aromatic heterocycles. The number of hydrogen-bond acceptors (Lipinski definition) is 3. The van der Waals surface area contributed by atoms with Gasteiger partial charge in [-0.2, -0.15) is 0 Å². The number of hydrogen-bond donors (Lipinski definition) is 0. The second kappa shape index (κ2) is 9.51. The number of fused-ring (bicyclic) bond motifs is 4. The summed E-state index contributed by atoms with van der Waals surface area (Å²) in [6, 6.07) is 47.9. The van der Waals surface area contributed by atoms with Crippen molar-refractivity contribution in [1.29, 1.82) is 0 Å². The molecule has 0 aliphatic carbocycles. The summed E-state index contributed by atoms with van der Waals surface area (Å²) in [6.45, 7) is 0. The Balaban J connectivity index is 1.47. The van der Waals surface area contributed by atoms with Crippen LogP contribution in [0.5, 0.6) is 11.5 Å². The lowest BCUT2D eigenvalue weighted by Crippen LogP contribution is -2.16. The predicted octanol–water partition coefficient (Wildman–Crippen LogP) is 11.0. The maximum atomic E-state index is 6.31. The van der Waals surface area contributed by atoms with Gasteiger partial charge in [-0.25, -0.2) is 4.98 Å². The highest BCUT2D eigenvalue weighted by atomic mass is 35.5. The molecule has 4 heteroatoms. The van der Waals surface area contributed by atoms with Gasteiger partial charge in [0.05, 0.1) is 28.3 Å². The summed E-state index contributed by atoms with van der Waals surface area (Å²) >= 11 is 6.27. The standard InChI is InChI=1S/C37H23ClN2O/c38-26-21-19-25(20-22-26)31-23-30(28-12-7-10-24-9-1-2-11-27(24)28)29-13-8-16-34(37(29)39-31)40-32-14-3-5-17-35(32)41-36-18-6-4-15-33(36)40/h1-23H. The molecule has 0 unspecified atom stereocenters. The molecule has 3 nitrogen and oxygen atoms in total. The summed E-state index contributed by atoms with van der Waals surface area (Å²) in [5, 5.41) is 4.19. The van der Waals surface area contributed by atoms with Gasteiger partial charge in [0.25, 0.3) is 0 Å². The van der Waals surface area contributed by atoms with Gasteiger partial charge in [-0.3, -0.25) is 0 Å². The van der Waals surface area contributed by atoms with E-state index in [4.69, 9.17) is 21.3 Å². The summed E-state index contributed by atoms with van der Waals surface area (Å²) < 4.78 is 6.31. The molecule has 1 aliphatic rings. The van der Waals surface area contributed by atoms with E-state index in [1.165, 1.54) is 16.3 Å². The third kappa shape index (κ3) is 3.94. The molecule has 194 valence electrons. The number of halogens is 1. The molecule has 6 aromatic carbocycles. The fourth-order valence-electron chi connectivity index (χ4n) is 5.83. The highest BCUT2D eigenvalue weighted by Crippen LogP contribution is 2.52. The van der Waals surface area contributed by atoms with Crippen LogP contribution in [0.3, 0.4) is 0 Å². The lowest BCUT2D eigenvalue weighted by molar-refractivity contribution is 0.477. The minimum Gasteiger partial charge on any atom is -0.453 e. The Morgan fingerprint density at radius 3 is 1.93 bits per heavy atom. The molecule has 0 fully saturated rings. The number of aromatic nitrogens is 1. The first-order valence-corrected chi connectivity index (χ1v) is 14.0. The molecule has 0 amide bonds. The van der Waals surface area contributed by atoms with Crippen LogP contribution in [0.2, 0.25) is 5.02 Å². The minimum atomic E-state index is 0.700. The van der Waals surface area contributed by atoms with Gasteiger partial charge in [0.2, 0.25) is 0 Å². The topological polar surface area (TPSA) is 25.4 Å². The Bertz CT molecular complexity index is 2050. The maximum Gasteiger partial charge on any atom is 0.151 e. The number of nitrogens with zero attached hydrogens (tertiary/aromatic N) is 2. The normalized spacial score (nSPS) is 12.2. The Morgan fingerprint density at radius 1 is 0.537 bits per heavy atom. The highest BCUT2D eigenvalue weighted by molar-refractivity contribution is 6.30. The zero-order chi connectivity index (χ0) is 27.3. The monoisotopic (exact) mass is 546 g/mol. The van der Waals surface area contributed by atoms with Crippen LogP contribution in [0.1, 0.15) is 0 Å². The first-order valence-electron chi connectivity index (χ1n) is 13.6. The molecule has 1 aliphatic heterocycles. The van der Waals surface area contributed by atoms with Crippen molar-refractivity contribution in [3.8, 4) is 33.9 Å². The molecule has 0 saturated heterocycles. The summed E-state index contributed by atoms with van der Waals surface area (Å²) in [7, 11) is 0. The molecular weight excluding hydrogens is 524 g/mol. The summed E-state index contributed by atoms with van der Waals surface area (Å²) in [5.74, 6) is 1.62. The zero-order valence-corrected chi connectivity index (χ0v) is 22.7. The Labute approximate surface area is 242 Å². The van der Waals surface area contributed by atoms with Gasteiger partial charge < -0.3 is 9.64 Å². The van der Waals surface area contributed by atoms with E-state index in [0.717, 1.165) is 56.3 Å². The maximum absolute atomic E-state index is 6.31. The number of rotatable bonds is 3. The second-order valence-electron chi connectivity index (χ2n) is 10.1. The summed E-state index contributed by atoms with van der Waals surface area (Å²) in [4.78, 5) is 7.60. The van der Waals surface area contributed by atoms with E-state index in [1.807, 2.05) is 60.7 Å². The Morgan fingerprint density at radius 2 is 1.15 bits per heavy atom. The van der Waals surface area contributed by atoms with Crippen LogP contribution in [0.15, 0.2) is 140 Å².